The number of allylic oxidation sites excluding steroid dienone is 2. The van der Waals surface area contributed by atoms with E-state index in [1.807, 2.05) is 13.0 Å². The average molecular weight is 540 g/mol. The molecule has 1 aliphatic rings. The number of aromatic nitrogens is 3. The number of halogens is 3. The zero-order valence-electron chi connectivity index (χ0n) is 21.3. The number of nitrogens with two attached hydrogens (primary N) is 2. The van der Waals surface area contributed by atoms with E-state index in [2.05, 4.69) is 25.6 Å². The van der Waals surface area contributed by atoms with Crippen LogP contribution < -0.4 is 22.1 Å². The zero-order valence-corrected chi connectivity index (χ0v) is 21.3. The second kappa shape index (κ2) is 12.7. The van der Waals surface area contributed by atoms with Crippen LogP contribution in [-0.4, -0.2) is 40.4 Å². The van der Waals surface area contributed by atoms with Crippen molar-refractivity contribution < 1.29 is 22.8 Å². The first-order valence-electron chi connectivity index (χ1n) is 11.8. The smallest absolute Gasteiger partial charge is 0.404 e. The van der Waals surface area contributed by atoms with Crippen molar-refractivity contribution in [2.24, 2.45) is 17.4 Å². The van der Waals surface area contributed by atoms with E-state index in [9.17, 15) is 22.8 Å². The van der Waals surface area contributed by atoms with Crippen LogP contribution in [0.4, 0.5) is 24.7 Å². The zero-order chi connectivity index (χ0) is 28.6. The molecule has 39 heavy (non-hydrogen) atoms. The minimum absolute atomic E-state index is 0.345. The van der Waals surface area contributed by atoms with Crippen LogP contribution in [0.2, 0.25) is 0 Å². The van der Waals surface area contributed by atoms with Crippen LogP contribution in [0, 0.1) is 12.8 Å². The average Bonchev–Trinajstić information content (AvgIpc) is 3.77. The fourth-order valence-electron chi connectivity index (χ4n) is 3.28. The van der Waals surface area contributed by atoms with Crippen molar-refractivity contribution in [3.05, 3.63) is 78.2 Å². The summed E-state index contributed by atoms with van der Waals surface area (Å²) >= 11 is 0. The Labute approximate surface area is 223 Å². The Hall–Kier alpha value is -4.74. The van der Waals surface area contributed by atoms with Crippen LogP contribution in [-0.2, 0) is 9.59 Å². The molecule has 3 aromatic rings. The lowest BCUT2D eigenvalue weighted by Crippen LogP contribution is -2.22. The van der Waals surface area contributed by atoms with Gasteiger partial charge in [0.1, 0.15) is 18.4 Å². The van der Waals surface area contributed by atoms with Gasteiger partial charge in [0, 0.05) is 54.4 Å². The molecule has 0 unspecified atom stereocenters. The van der Waals surface area contributed by atoms with Gasteiger partial charge in [-0.15, -0.1) is 0 Å². The Bertz CT molecular complexity index is 1400. The maximum Gasteiger partial charge on any atom is 0.417 e. The Morgan fingerprint density at radius 2 is 1.82 bits per heavy atom. The summed E-state index contributed by atoms with van der Waals surface area (Å²) in [6.07, 6.45) is 4.19. The van der Waals surface area contributed by atoms with Crippen LogP contribution in [0.3, 0.4) is 0 Å². The van der Waals surface area contributed by atoms with Crippen molar-refractivity contribution in [3.8, 4) is 22.4 Å². The number of nitrogens with one attached hydrogen (secondary N) is 2. The van der Waals surface area contributed by atoms with E-state index in [0.717, 1.165) is 41.4 Å². The highest BCUT2D eigenvalue weighted by molar-refractivity contribution is 6.03. The molecule has 0 bridgehead atoms. The third-order valence-electron chi connectivity index (χ3n) is 5.66. The summed E-state index contributed by atoms with van der Waals surface area (Å²) in [5.41, 5.74) is 12.9. The van der Waals surface area contributed by atoms with Gasteiger partial charge in [-0.25, -0.2) is 9.97 Å². The number of amides is 1. The molecule has 2 heterocycles. The monoisotopic (exact) mass is 539 g/mol. The van der Waals surface area contributed by atoms with E-state index in [1.165, 1.54) is 6.33 Å². The maximum atomic E-state index is 12.9. The number of pyridine rings is 1. The van der Waals surface area contributed by atoms with E-state index < -0.39 is 23.4 Å². The molecule has 12 heteroatoms. The van der Waals surface area contributed by atoms with Gasteiger partial charge in [0.25, 0.3) is 5.91 Å². The van der Waals surface area contributed by atoms with Crippen LogP contribution in [0.25, 0.3) is 22.4 Å². The molecule has 1 aromatic carbocycles. The molecule has 2 aromatic heterocycles. The number of benzene rings is 1. The largest absolute Gasteiger partial charge is 0.417 e. The number of alkyl halides is 3. The van der Waals surface area contributed by atoms with Gasteiger partial charge in [-0.3, -0.25) is 9.78 Å². The Morgan fingerprint density at radius 3 is 2.41 bits per heavy atom. The van der Waals surface area contributed by atoms with E-state index in [4.69, 9.17) is 11.5 Å². The Kier molecular flexibility index (Phi) is 9.37. The molecule has 1 aliphatic carbocycles. The fourth-order valence-corrected chi connectivity index (χ4v) is 3.28. The SMILES string of the molecule is CNc1cc(-c2cncc(-c3cc(NC(=O)/C(N)=C/C(=C\N)C(F)(F)F)ccc3C)c2)ncn1.O=CC1CC1. The maximum absolute atomic E-state index is 12.9. The number of rotatable bonds is 7. The highest BCUT2D eigenvalue weighted by Gasteiger charge is 2.32. The molecular weight excluding hydrogens is 511 g/mol. The lowest BCUT2D eigenvalue weighted by molar-refractivity contribution is -0.113. The van der Waals surface area contributed by atoms with E-state index >= 15 is 0 Å². The minimum Gasteiger partial charge on any atom is -0.404 e. The summed E-state index contributed by atoms with van der Waals surface area (Å²) in [4.78, 5) is 34.6. The van der Waals surface area contributed by atoms with Gasteiger partial charge < -0.3 is 26.9 Å². The normalized spacial score (nSPS) is 13.7. The summed E-state index contributed by atoms with van der Waals surface area (Å²) in [7, 11) is 1.75. The second-order valence-corrected chi connectivity index (χ2v) is 8.68. The van der Waals surface area contributed by atoms with Crippen molar-refractivity contribution >= 4 is 23.7 Å². The molecule has 1 fully saturated rings. The predicted molar refractivity (Wildman–Crippen MR) is 143 cm³/mol. The summed E-state index contributed by atoms with van der Waals surface area (Å²) in [5.74, 6) is 0.209. The van der Waals surface area contributed by atoms with Crippen molar-refractivity contribution in [1.29, 1.82) is 0 Å². The number of aryl methyl sites for hydroxylation is 1. The first-order valence-corrected chi connectivity index (χ1v) is 11.8. The molecule has 0 radical (unpaired) electrons. The number of carbonyl (C=O) groups excluding carboxylic acids is 2. The molecule has 4 rings (SSSR count). The van der Waals surface area contributed by atoms with Gasteiger partial charge in [-0.05, 0) is 55.2 Å². The number of anilines is 2. The second-order valence-electron chi connectivity index (χ2n) is 8.68. The van der Waals surface area contributed by atoms with Gasteiger partial charge in [0.2, 0.25) is 0 Å². The van der Waals surface area contributed by atoms with Crippen molar-refractivity contribution in [3.63, 3.8) is 0 Å². The summed E-state index contributed by atoms with van der Waals surface area (Å²) < 4.78 is 38.6. The van der Waals surface area contributed by atoms with Crippen LogP contribution in [0.1, 0.15) is 18.4 Å². The van der Waals surface area contributed by atoms with Gasteiger partial charge in [0.15, 0.2) is 0 Å². The highest BCUT2D eigenvalue weighted by atomic mass is 19.4. The van der Waals surface area contributed by atoms with Crippen LogP contribution in [0.5, 0.6) is 0 Å². The quantitative estimate of drug-likeness (QED) is 0.197. The van der Waals surface area contributed by atoms with Gasteiger partial charge in [-0.2, -0.15) is 13.2 Å². The molecule has 6 N–H and O–H groups in total. The van der Waals surface area contributed by atoms with Gasteiger partial charge >= 0.3 is 6.18 Å². The predicted octanol–water partition coefficient (Wildman–Crippen LogP) is 4.34. The third kappa shape index (κ3) is 8.12. The van der Waals surface area contributed by atoms with Crippen LogP contribution >= 0.6 is 0 Å². The van der Waals surface area contributed by atoms with E-state index in [1.54, 1.807) is 43.7 Å². The molecular formula is C27H28F3N7O2. The number of hydrogen-bond acceptors (Lipinski definition) is 8. The standard InChI is InChI=1S/C23H22F3N7O.C4H6O/c1-13-3-4-17(33-22(34)19(28)6-16(9-27)23(24,25)26)7-18(13)14-5-15(11-30-10-14)20-8-21(29-2)32-12-31-20;5-3-4-1-2-4/h3-12H,27-28H2,1-2H3,(H,33,34)(H,29,31,32);3-4H,1-2H2/b16-9+,19-6-;. The van der Waals surface area contributed by atoms with Crippen LogP contribution in [0.15, 0.2) is 72.6 Å². The molecule has 1 amide bonds. The third-order valence-corrected chi connectivity index (χ3v) is 5.66. The lowest BCUT2D eigenvalue weighted by atomic mass is 9.99. The molecule has 0 saturated heterocycles. The van der Waals surface area contributed by atoms with Crippen molar-refractivity contribution in [1.82, 2.24) is 15.0 Å². The van der Waals surface area contributed by atoms with E-state index in [-0.39, 0.29) is 0 Å². The number of nitrogens with zero attached hydrogens (tertiary/aromatic N) is 3. The Balaban J connectivity index is 0.000000753. The number of carbonyl (C=O) groups is 2. The topological polar surface area (TPSA) is 149 Å². The molecule has 0 atom stereocenters. The van der Waals surface area contributed by atoms with Gasteiger partial charge in [0.05, 0.1) is 17.0 Å². The van der Waals surface area contributed by atoms with Crippen molar-refractivity contribution in [2.75, 3.05) is 17.7 Å². The fraction of sp³-hybridized carbons (Fsp3) is 0.222. The first kappa shape index (κ1) is 28.8. The summed E-state index contributed by atoms with van der Waals surface area (Å²) in [6.45, 7) is 1.88. The van der Waals surface area contributed by atoms with E-state index in [0.29, 0.717) is 35.4 Å². The van der Waals surface area contributed by atoms with Gasteiger partial charge in [-0.1, -0.05) is 6.07 Å². The molecule has 0 spiro atoms. The molecule has 0 aliphatic heterocycles. The minimum atomic E-state index is -4.73. The number of aldehydes is 1. The number of hydrogen-bond donors (Lipinski definition) is 4. The Morgan fingerprint density at radius 1 is 1.10 bits per heavy atom. The summed E-state index contributed by atoms with van der Waals surface area (Å²) in [5, 5.41) is 5.46. The van der Waals surface area contributed by atoms with Crippen molar-refractivity contribution in [2.45, 2.75) is 25.9 Å². The highest BCUT2D eigenvalue weighted by Crippen LogP contribution is 2.30. The summed E-state index contributed by atoms with van der Waals surface area (Å²) in [6, 6.07) is 8.74. The molecule has 204 valence electrons. The lowest BCUT2D eigenvalue weighted by Gasteiger charge is -2.12. The molecule has 1 saturated carbocycles. The first-order chi connectivity index (χ1) is 18.5. The molecule has 9 nitrogen and oxygen atoms in total.